The lowest BCUT2D eigenvalue weighted by Gasteiger charge is -1.94. The lowest BCUT2D eigenvalue weighted by molar-refractivity contribution is 0.917. The highest BCUT2D eigenvalue weighted by molar-refractivity contribution is 4.95. The van der Waals surface area contributed by atoms with Crippen molar-refractivity contribution in [1.29, 1.82) is 0 Å². The van der Waals surface area contributed by atoms with Gasteiger partial charge in [-0.1, -0.05) is 18.6 Å². The summed E-state index contributed by atoms with van der Waals surface area (Å²) in [7, 11) is 0. The molecule has 0 amide bonds. The minimum Gasteiger partial charge on any atom is -0.0887 e. The van der Waals surface area contributed by atoms with Crippen LogP contribution in [0.4, 0.5) is 0 Å². The van der Waals surface area contributed by atoms with E-state index in [9.17, 15) is 0 Å². The lowest BCUT2D eigenvalue weighted by atomic mass is 10.1. The predicted octanol–water partition coefficient (Wildman–Crippen LogP) is 2.96. The van der Waals surface area contributed by atoms with Crippen LogP contribution in [0.1, 0.15) is 33.6 Å². The molecule has 0 aromatic rings. The lowest BCUT2D eigenvalue weighted by Crippen LogP contribution is -1.74. The Bertz CT molecular complexity index is 70.1. The van der Waals surface area contributed by atoms with Crippen molar-refractivity contribution < 1.29 is 0 Å². The monoisotopic (exact) mass is 111 g/mol. The van der Waals surface area contributed by atoms with Crippen molar-refractivity contribution in [3.8, 4) is 0 Å². The van der Waals surface area contributed by atoms with Crippen LogP contribution < -0.4 is 0 Å². The summed E-state index contributed by atoms with van der Waals surface area (Å²) in [5.41, 5.74) is 1.49. The molecule has 0 aliphatic carbocycles. The van der Waals surface area contributed by atoms with E-state index in [4.69, 9.17) is 0 Å². The first-order valence-electron chi connectivity index (χ1n) is 3.21. The van der Waals surface area contributed by atoms with Crippen LogP contribution in [0.2, 0.25) is 0 Å². The van der Waals surface area contributed by atoms with Gasteiger partial charge in [-0.15, -0.1) is 0 Å². The Kier molecular flexibility index (Phi) is 4.73. The molecule has 0 saturated carbocycles. The number of rotatable bonds is 3. The quantitative estimate of drug-likeness (QED) is 0.491. The van der Waals surface area contributed by atoms with Gasteiger partial charge in [-0.25, -0.2) is 0 Å². The number of allylic oxidation sites excluding steroid dienone is 2. The predicted molar refractivity (Wildman–Crippen MR) is 38.6 cm³/mol. The summed E-state index contributed by atoms with van der Waals surface area (Å²) in [5.74, 6) is 0. The van der Waals surface area contributed by atoms with Gasteiger partial charge in [-0.05, 0) is 33.1 Å². The van der Waals surface area contributed by atoms with Crippen LogP contribution in [-0.4, -0.2) is 0 Å². The molecule has 8 heavy (non-hydrogen) atoms. The van der Waals surface area contributed by atoms with Crippen molar-refractivity contribution in [2.24, 2.45) is 0 Å². The highest BCUT2D eigenvalue weighted by Crippen LogP contribution is 2.03. The molecule has 0 nitrogen and oxygen atoms in total. The van der Waals surface area contributed by atoms with Crippen molar-refractivity contribution >= 4 is 0 Å². The molecule has 0 spiro atoms. The summed E-state index contributed by atoms with van der Waals surface area (Å²) in [5, 5.41) is 0. The van der Waals surface area contributed by atoms with Gasteiger partial charge in [0.2, 0.25) is 0 Å². The van der Waals surface area contributed by atoms with Crippen molar-refractivity contribution in [2.75, 3.05) is 0 Å². The van der Waals surface area contributed by atoms with Crippen LogP contribution in [0.3, 0.4) is 0 Å². The SMILES string of the molecule is C[CH]CC/C(C)=C/C. The van der Waals surface area contributed by atoms with E-state index in [-0.39, 0.29) is 0 Å². The van der Waals surface area contributed by atoms with E-state index < -0.39 is 0 Å². The highest BCUT2D eigenvalue weighted by atomic mass is 13.9. The van der Waals surface area contributed by atoms with Gasteiger partial charge in [-0.2, -0.15) is 0 Å². The van der Waals surface area contributed by atoms with Crippen LogP contribution in [0.5, 0.6) is 0 Å². The van der Waals surface area contributed by atoms with Crippen molar-refractivity contribution in [3.05, 3.63) is 18.1 Å². The fourth-order valence-corrected chi connectivity index (χ4v) is 0.516. The third kappa shape index (κ3) is 3.91. The first-order chi connectivity index (χ1) is 3.81. The summed E-state index contributed by atoms with van der Waals surface area (Å²) < 4.78 is 0. The molecular formula is C8H15. The smallest absolute Gasteiger partial charge is 0.0321 e. The van der Waals surface area contributed by atoms with Crippen LogP contribution in [0.15, 0.2) is 11.6 Å². The zero-order valence-corrected chi connectivity index (χ0v) is 6.07. The molecule has 0 fully saturated rings. The standard InChI is InChI=1S/C8H15/c1-4-6-7-8(3)5-2/h4-5H,6-7H2,1-3H3/b8-5+. The van der Waals surface area contributed by atoms with E-state index in [1.54, 1.807) is 0 Å². The first kappa shape index (κ1) is 7.74. The van der Waals surface area contributed by atoms with E-state index >= 15 is 0 Å². The van der Waals surface area contributed by atoms with Gasteiger partial charge in [0.1, 0.15) is 0 Å². The Hall–Kier alpha value is -0.260. The summed E-state index contributed by atoms with van der Waals surface area (Å²) in [6, 6.07) is 0. The molecule has 0 atom stereocenters. The number of hydrogen-bond donors (Lipinski definition) is 0. The van der Waals surface area contributed by atoms with E-state index in [0.717, 1.165) is 0 Å². The van der Waals surface area contributed by atoms with Gasteiger partial charge >= 0.3 is 0 Å². The fraction of sp³-hybridized carbons (Fsp3) is 0.625. The summed E-state index contributed by atoms with van der Waals surface area (Å²) in [4.78, 5) is 0. The fourth-order valence-electron chi connectivity index (χ4n) is 0.516. The molecule has 0 aromatic carbocycles. The summed E-state index contributed by atoms with van der Waals surface area (Å²) >= 11 is 0. The zero-order valence-electron chi connectivity index (χ0n) is 6.07. The minimum atomic E-state index is 1.22. The van der Waals surface area contributed by atoms with Crippen molar-refractivity contribution in [1.82, 2.24) is 0 Å². The maximum Gasteiger partial charge on any atom is -0.0321 e. The minimum absolute atomic E-state index is 1.22. The van der Waals surface area contributed by atoms with Gasteiger partial charge in [0.25, 0.3) is 0 Å². The maximum atomic E-state index is 2.20. The Balaban J connectivity index is 3.12. The second kappa shape index (κ2) is 4.89. The average molecular weight is 111 g/mol. The van der Waals surface area contributed by atoms with E-state index in [0.29, 0.717) is 0 Å². The van der Waals surface area contributed by atoms with E-state index in [1.165, 1.54) is 18.4 Å². The second-order valence-electron chi connectivity index (χ2n) is 2.08. The normalized spacial score (nSPS) is 12.1. The highest BCUT2D eigenvalue weighted by Gasteiger charge is 1.84. The maximum absolute atomic E-state index is 2.20. The van der Waals surface area contributed by atoms with Crippen LogP contribution >= 0.6 is 0 Å². The van der Waals surface area contributed by atoms with Gasteiger partial charge in [0, 0.05) is 0 Å². The Morgan fingerprint density at radius 2 is 2.00 bits per heavy atom. The largest absolute Gasteiger partial charge is 0.0887 e. The van der Waals surface area contributed by atoms with Gasteiger partial charge in [-0.3, -0.25) is 0 Å². The zero-order chi connectivity index (χ0) is 6.41. The summed E-state index contributed by atoms with van der Waals surface area (Å²) in [6.07, 6.45) is 6.82. The van der Waals surface area contributed by atoms with E-state index in [1.807, 2.05) is 0 Å². The van der Waals surface area contributed by atoms with Crippen molar-refractivity contribution in [2.45, 2.75) is 33.6 Å². The van der Waals surface area contributed by atoms with Gasteiger partial charge < -0.3 is 0 Å². The molecule has 0 heterocycles. The third-order valence-electron chi connectivity index (χ3n) is 1.32. The van der Waals surface area contributed by atoms with Gasteiger partial charge in [0.05, 0.1) is 0 Å². The number of hydrogen-bond acceptors (Lipinski definition) is 0. The molecular weight excluding hydrogens is 96.1 g/mol. The molecule has 0 aliphatic rings. The molecule has 0 saturated heterocycles. The topological polar surface area (TPSA) is 0 Å². The molecule has 0 heteroatoms. The molecule has 1 radical (unpaired) electrons. The Labute approximate surface area is 52.6 Å². The average Bonchev–Trinajstić information content (AvgIpc) is 1.83. The third-order valence-corrected chi connectivity index (χ3v) is 1.32. The number of unbranched alkanes of at least 4 members (excludes halogenated alkanes) is 1. The van der Waals surface area contributed by atoms with Gasteiger partial charge in [0.15, 0.2) is 0 Å². The van der Waals surface area contributed by atoms with Crippen LogP contribution in [0.25, 0.3) is 0 Å². The Morgan fingerprint density at radius 1 is 1.38 bits per heavy atom. The first-order valence-corrected chi connectivity index (χ1v) is 3.21. The molecule has 0 rings (SSSR count). The molecule has 0 unspecified atom stereocenters. The molecule has 47 valence electrons. The summed E-state index contributed by atoms with van der Waals surface area (Å²) in [6.45, 7) is 6.36. The molecule has 0 N–H and O–H groups in total. The van der Waals surface area contributed by atoms with E-state index in [2.05, 4.69) is 33.3 Å². The van der Waals surface area contributed by atoms with Crippen LogP contribution in [-0.2, 0) is 0 Å². The molecule has 0 aliphatic heterocycles. The van der Waals surface area contributed by atoms with Crippen LogP contribution in [0, 0.1) is 6.42 Å². The molecule has 0 aromatic heterocycles. The van der Waals surface area contributed by atoms with Crippen molar-refractivity contribution in [3.63, 3.8) is 0 Å². The Morgan fingerprint density at radius 3 is 2.38 bits per heavy atom. The second-order valence-corrected chi connectivity index (χ2v) is 2.08. The molecule has 0 bridgehead atoms.